The highest BCUT2D eigenvalue weighted by Crippen LogP contribution is 2.07. The number of rotatable bonds is 7. The fraction of sp³-hybridized carbons (Fsp3) is 0.833. The molecule has 1 atom stereocenters. The standard InChI is InChI=1S/C12H23N/c1-5-7-9-12(10-8-6-2)13-11(3)4/h1,11-13H,6-10H2,2-4H3. The lowest BCUT2D eigenvalue weighted by atomic mass is 10.0. The van der Waals surface area contributed by atoms with Crippen molar-refractivity contribution >= 4 is 0 Å². The van der Waals surface area contributed by atoms with Gasteiger partial charge in [-0.2, -0.15) is 0 Å². The first-order valence-electron chi connectivity index (χ1n) is 5.40. The molecule has 1 unspecified atom stereocenters. The Kier molecular flexibility index (Phi) is 7.83. The molecule has 0 aliphatic carbocycles. The van der Waals surface area contributed by atoms with Crippen LogP contribution in [0.4, 0.5) is 0 Å². The van der Waals surface area contributed by atoms with Crippen molar-refractivity contribution < 1.29 is 0 Å². The molecule has 1 heteroatoms. The third-order valence-electron chi connectivity index (χ3n) is 2.11. The second-order valence-corrected chi connectivity index (χ2v) is 3.90. The van der Waals surface area contributed by atoms with Gasteiger partial charge in [0.1, 0.15) is 0 Å². The van der Waals surface area contributed by atoms with E-state index in [2.05, 4.69) is 32.0 Å². The molecule has 0 saturated heterocycles. The van der Waals surface area contributed by atoms with Crippen LogP contribution in [0.2, 0.25) is 0 Å². The van der Waals surface area contributed by atoms with Gasteiger partial charge in [0.05, 0.1) is 0 Å². The predicted molar refractivity (Wildman–Crippen MR) is 59.7 cm³/mol. The maximum Gasteiger partial charge on any atom is 0.0101 e. The molecule has 0 amide bonds. The summed E-state index contributed by atoms with van der Waals surface area (Å²) in [7, 11) is 0. The lowest BCUT2D eigenvalue weighted by Crippen LogP contribution is -2.34. The fourth-order valence-corrected chi connectivity index (χ4v) is 1.49. The van der Waals surface area contributed by atoms with E-state index in [1.54, 1.807) is 0 Å². The summed E-state index contributed by atoms with van der Waals surface area (Å²) in [6.07, 6.45) is 11.1. The molecule has 0 fully saturated rings. The Morgan fingerprint density at radius 3 is 2.46 bits per heavy atom. The van der Waals surface area contributed by atoms with Crippen LogP contribution in [0.3, 0.4) is 0 Å². The van der Waals surface area contributed by atoms with E-state index in [1.165, 1.54) is 19.3 Å². The monoisotopic (exact) mass is 181 g/mol. The maximum absolute atomic E-state index is 5.26. The minimum atomic E-state index is 0.569. The molecule has 13 heavy (non-hydrogen) atoms. The zero-order valence-electron chi connectivity index (χ0n) is 9.27. The molecule has 0 aliphatic rings. The van der Waals surface area contributed by atoms with Crippen LogP contribution in [0.25, 0.3) is 0 Å². The molecule has 0 radical (unpaired) electrons. The zero-order chi connectivity index (χ0) is 10.1. The van der Waals surface area contributed by atoms with Crippen LogP contribution < -0.4 is 5.32 Å². The number of terminal acetylenes is 1. The smallest absolute Gasteiger partial charge is 0.0101 e. The third-order valence-corrected chi connectivity index (χ3v) is 2.11. The summed E-state index contributed by atoms with van der Waals surface area (Å²) in [5, 5.41) is 3.55. The van der Waals surface area contributed by atoms with Gasteiger partial charge in [-0.3, -0.25) is 0 Å². The Morgan fingerprint density at radius 1 is 1.31 bits per heavy atom. The first-order chi connectivity index (χ1) is 6.20. The van der Waals surface area contributed by atoms with Crippen LogP contribution >= 0.6 is 0 Å². The van der Waals surface area contributed by atoms with Crippen molar-refractivity contribution in [2.45, 2.75) is 65.0 Å². The molecule has 0 spiro atoms. The van der Waals surface area contributed by atoms with Crippen molar-refractivity contribution in [3.8, 4) is 12.3 Å². The molecular weight excluding hydrogens is 158 g/mol. The Hall–Kier alpha value is -0.480. The molecule has 0 bridgehead atoms. The SMILES string of the molecule is C#CCCC(CCCC)NC(C)C. The molecular formula is C12H23N. The number of nitrogens with one attached hydrogen (secondary N) is 1. The van der Waals surface area contributed by atoms with Crippen molar-refractivity contribution in [2.24, 2.45) is 0 Å². The van der Waals surface area contributed by atoms with Gasteiger partial charge in [-0.25, -0.2) is 0 Å². The van der Waals surface area contributed by atoms with Gasteiger partial charge >= 0.3 is 0 Å². The lowest BCUT2D eigenvalue weighted by Gasteiger charge is -2.20. The highest BCUT2D eigenvalue weighted by molar-refractivity contribution is 4.86. The average molecular weight is 181 g/mol. The Bertz CT molecular complexity index is 144. The van der Waals surface area contributed by atoms with Crippen molar-refractivity contribution in [1.29, 1.82) is 0 Å². The normalized spacial score (nSPS) is 12.8. The largest absolute Gasteiger partial charge is 0.312 e. The topological polar surface area (TPSA) is 12.0 Å². The number of unbranched alkanes of at least 4 members (excludes halogenated alkanes) is 1. The van der Waals surface area contributed by atoms with E-state index < -0.39 is 0 Å². The van der Waals surface area contributed by atoms with E-state index in [0.29, 0.717) is 12.1 Å². The summed E-state index contributed by atoms with van der Waals surface area (Å²) >= 11 is 0. The fourth-order valence-electron chi connectivity index (χ4n) is 1.49. The summed E-state index contributed by atoms with van der Waals surface area (Å²) in [6.45, 7) is 6.61. The van der Waals surface area contributed by atoms with Gasteiger partial charge in [0.25, 0.3) is 0 Å². The van der Waals surface area contributed by atoms with Crippen molar-refractivity contribution in [1.82, 2.24) is 5.32 Å². The number of hydrogen-bond donors (Lipinski definition) is 1. The molecule has 0 rings (SSSR count). The predicted octanol–water partition coefficient (Wildman–Crippen LogP) is 2.96. The van der Waals surface area contributed by atoms with E-state index in [9.17, 15) is 0 Å². The van der Waals surface area contributed by atoms with E-state index in [1.807, 2.05) is 0 Å². The summed E-state index contributed by atoms with van der Waals surface area (Å²) in [5.41, 5.74) is 0. The summed E-state index contributed by atoms with van der Waals surface area (Å²) < 4.78 is 0. The average Bonchev–Trinajstić information content (AvgIpc) is 2.09. The Balaban J connectivity index is 3.67. The first kappa shape index (κ1) is 12.5. The molecule has 0 aromatic rings. The summed E-state index contributed by atoms with van der Waals surface area (Å²) in [4.78, 5) is 0. The highest BCUT2D eigenvalue weighted by Gasteiger charge is 2.07. The highest BCUT2D eigenvalue weighted by atomic mass is 14.9. The van der Waals surface area contributed by atoms with Crippen molar-refractivity contribution in [3.05, 3.63) is 0 Å². The maximum atomic E-state index is 5.26. The Labute approximate surface area is 83.3 Å². The minimum absolute atomic E-state index is 0.569. The van der Waals surface area contributed by atoms with E-state index >= 15 is 0 Å². The summed E-state index contributed by atoms with van der Waals surface area (Å²) in [5.74, 6) is 2.71. The van der Waals surface area contributed by atoms with Crippen LogP contribution in [-0.4, -0.2) is 12.1 Å². The van der Waals surface area contributed by atoms with E-state index in [0.717, 1.165) is 12.8 Å². The zero-order valence-corrected chi connectivity index (χ0v) is 9.27. The van der Waals surface area contributed by atoms with Gasteiger partial charge in [0.2, 0.25) is 0 Å². The molecule has 76 valence electrons. The van der Waals surface area contributed by atoms with Crippen LogP contribution in [-0.2, 0) is 0 Å². The van der Waals surface area contributed by atoms with Crippen LogP contribution in [0.5, 0.6) is 0 Å². The van der Waals surface area contributed by atoms with E-state index in [4.69, 9.17) is 6.42 Å². The van der Waals surface area contributed by atoms with Gasteiger partial charge in [-0.1, -0.05) is 33.6 Å². The molecule has 0 saturated carbocycles. The first-order valence-corrected chi connectivity index (χ1v) is 5.40. The van der Waals surface area contributed by atoms with Gasteiger partial charge in [0, 0.05) is 18.5 Å². The minimum Gasteiger partial charge on any atom is -0.312 e. The van der Waals surface area contributed by atoms with E-state index in [-0.39, 0.29) is 0 Å². The third kappa shape index (κ3) is 7.87. The van der Waals surface area contributed by atoms with Crippen LogP contribution in [0, 0.1) is 12.3 Å². The van der Waals surface area contributed by atoms with Gasteiger partial charge in [-0.05, 0) is 12.8 Å². The summed E-state index contributed by atoms with van der Waals surface area (Å²) in [6, 6.07) is 1.19. The molecule has 0 heterocycles. The van der Waals surface area contributed by atoms with Gasteiger partial charge < -0.3 is 5.32 Å². The van der Waals surface area contributed by atoms with Crippen LogP contribution in [0.1, 0.15) is 52.9 Å². The second-order valence-electron chi connectivity index (χ2n) is 3.90. The van der Waals surface area contributed by atoms with Gasteiger partial charge in [0.15, 0.2) is 0 Å². The van der Waals surface area contributed by atoms with Gasteiger partial charge in [-0.15, -0.1) is 12.3 Å². The molecule has 1 nitrogen and oxygen atoms in total. The van der Waals surface area contributed by atoms with Crippen molar-refractivity contribution in [3.63, 3.8) is 0 Å². The van der Waals surface area contributed by atoms with Crippen LogP contribution in [0.15, 0.2) is 0 Å². The quantitative estimate of drug-likeness (QED) is 0.595. The second kappa shape index (κ2) is 8.13. The molecule has 0 aliphatic heterocycles. The molecule has 0 aromatic heterocycles. The lowest BCUT2D eigenvalue weighted by molar-refractivity contribution is 0.410. The molecule has 1 N–H and O–H groups in total. The number of hydrogen-bond acceptors (Lipinski definition) is 1. The Morgan fingerprint density at radius 2 is 2.00 bits per heavy atom. The van der Waals surface area contributed by atoms with Crippen molar-refractivity contribution in [2.75, 3.05) is 0 Å². The molecule has 0 aromatic carbocycles.